The Balaban J connectivity index is 2.10. The van der Waals surface area contributed by atoms with Crippen molar-refractivity contribution in [3.8, 4) is 0 Å². The highest BCUT2D eigenvalue weighted by Gasteiger charge is 2.13. The summed E-state index contributed by atoms with van der Waals surface area (Å²) in [5, 5.41) is 0.560. The van der Waals surface area contributed by atoms with E-state index in [1.54, 1.807) is 18.5 Å². The molecule has 5 nitrogen and oxygen atoms in total. The highest BCUT2D eigenvalue weighted by atomic mass is 35.5. The Hall–Kier alpha value is -1.50. The molecule has 3 rings (SSSR count). The molecule has 0 amide bonds. The third-order valence-corrected chi connectivity index (χ3v) is 4.62. The van der Waals surface area contributed by atoms with Crippen LogP contribution in [0.1, 0.15) is 5.82 Å². The first-order valence-electron chi connectivity index (χ1n) is 5.64. The average Bonchev–Trinajstić information content (AvgIpc) is 2.89. The molecular formula is C12H9Cl2N5S. The summed E-state index contributed by atoms with van der Waals surface area (Å²) in [5.74, 6) is 1.18. The van der Waals surface area contributed by atoms with Crippen LogP contribution in [0.2, 0.25) is 10.2 Å². The van der Waals surface area contributed by atoms with Crippen LogP contribution in [0, 0.1) is 6.92 Å². The zero-order valence-corrected chi connectivity index (χ0v) is 12.7. The van der Waals surface area contributed by atoms with Crippen molar-refractivity contribution in [1.82, 2.24) is 19.4 Å². The molecule has 3 aromatic rings. The number of nitrogens with zero attached hydrogens (tertiary/aromatic N) is 4. The molecule has 0 fully saturated rings. The van der Waals surface area contributed by atoms with Crippen LogP contribution in [0.5, 0.6) is 0 Å². The molecule has 0 aromatic carbocycles. The summed E-state index contributed by atoms with van der Waals surface area (Å²) in [5.41, 5.74) is 6.50. The van der Waals surface area contributed by atoms with E-state index >= 15 is 0 Å². The number of imidazole rings is 1. The number of hydrogen-bond donors (Lipinski definition) is 1. The zero-order chi connectivity index (χ0) is 14.3. The van der Waals surface area contributed by atoms with Gasteiger partial charge >= 0.3 is 0 Å². The molecule has 3 aromatic heterocycles. The molecule has 0 aliphatic carbocycles. The van der Waals surface area contributed by atoms with Gasteiger partial charge in [-0.2, -0.15) is 0 Å². The van der Waals surface area contributed by atoms with Gasteiger partial charge in [-0.05, 0) is 13.0 Å². The van der Waals surface area contributed by atoms with Crippen LogP contribution >= 0.6 is 35.0 Å². The number of fused-ring (bicyclic) bond motifs is 1. The number of hydrogen-bond acceptors (Lipinski definition) is 5. The second-order valence-corrected chi connectivity index (χ2v) is 5.86. The minimum Gasteiger partial charge on any atom is -0.384 e. The van der Waals surface area contributed by atoms with Gasteiger partial charge in [0.15, 0.2) is 10.8 Å². The van der Waals surface area contributed by atoms with E-state index in [9.17, 15) is 0 Å². The first-order valence-corrected chi connectivity index (χ1v) is 7.21. The van der Waals surface area contributed by atoms with E-state index < -0.39 is 0 Å². The summed E-state index contributed by atoms with van der Waals surface area (Å²) in [6, 6.07) is 1.68. The van der Waals surface area contributed by atoms with E-state index in [2.05, 4.69) is 15.0 Å². The molecule has 0 spiro atoms. The van der Waals surface area contributed by atoms with E-state index in [0.717, 1.165) is 21.3 Å². The second-order valence-electron chi connectivity index (χ2n) is 4.04. The van der Waals surface area contributed by atoms with Crippen LogP contribution in [-0.4, -0.2) is 19.4 Å². The van der Waals surface area contributed by atoms with Crippen molar-refractivity contribution in [1.29, 1.82) is 0 Å². The summed E-state index contributed by atoms with van der Waals surface area (Å²) in [6.07, 6.45) is 5.34. The minimum atomic E-state index is 0.189. The van der Waals surface area contributed by atoms with Crippen LogP contribution in [-0.2, 0) is 0 Å². The van der Waals surface area contributed by atoms with Gasteiger partial charge in [0, 0.05) is 23.5 Å². The van der Waals surface area contributed by atoms with Crippen molar-refractivity contribution in [2.75, 3.05) is 5.73 Å². The van der Waals surface area contributed by atoms with Crippen molar-refractivity contribution >= 4 is 46.4 Å². The van der Waals surface area contributed by atoms with Crippen LogP contribution in [0.4, 0.5) is 5.82 Å². The summed E-state index contributed by atoms with van der Waals surface area (Å²) in [7, 11) is 0. The lowest BCUT2D eigenvalue weighted by molar-refractivity contribution is 0.959. The summed E-state index contributed by atoms with van der Waals surface area (Å²) < 4.78 is 1.91. The maximum absolute atomic E-state index is 6.15. The van der Waals surface area contributed by atoms with Crippen molar-refractivity contribution in [3.63, 3.8) is 0 Å². The number of anilines is 1. The Labute approximate surface area is 129 Å². The molecule has 0 saturated heterocycles. The van der Waals surface area contributed by atoms with Crippen molar-refractivity contribution < 1.29 is 0 Å². The first kappa shape index (κ1) is 13.5. The quantitative estimate of drug-likeness (QED) is 0.730. The molecule has 0 unspecified atom stereocenters. The Morgan fingerprint density at radius 2 is 2.05 bits per heavy atom. The van der Waals surface area contributed by atoms with E-state index in [1.807, 2.05) is 17.5 Å². The zero-order valence-electron chi connectivity index (χ0n) is 10.3. The third-order valence-electron chi connectivity index (χ3n) is 2.70. The topological polar surface area (TPSA) is 69.1 Å². The Kier molecular flexibility index (Phi) is 3.45. The molecule has 8 heteroatoms. The molecule has 102 valence electrons. The van der Waals surface area contributed by atoms with E-state index in [4.69, 9.17) is 28.9 Å². The fourth-order valence-corrected chi connectivity index (χ4v) is 3.20. The number of pyridine rings is 1. The molecule has 0 radical (unpaired) electrons. The van der Waals surface area contributed by atoms with Gasteiger partial charge in [0.25, 0.3) is 0 Å². The lowest BCUT2D eigenvalue weighted by atomic mass is 10.5. The fraction of sp³-hybridized carbons (Fsp3) is 0.0833. The van der Waals surface area contributed by atoms with Gasteiger partial charge in [0.05, 0.1) is 9.92 Å². The largest absolute Gasteiger partial charge is 0.384 e. The van der Waals surface area contributed by atoms with Gasteiger partial charge in [-0.25, -0.2) is 15.0 Å². The third kappa shape index (κ3) is 2.30. The maximum Gasteiger partial charge on any atom is 0.153 e. The molecule has 3 heterocycles. The predicted octanol–water partition coefficient (Wildman–Crippen LogP) is 3.47. The fourth-order valence-electron chi connectivity index (χ4n) is 1.78. The number of nitrogen functional groups attached to an aromatic ring is 1. The number of aromatic nitrogens is 4. The molecule has 0 atom stereocenters. The smallest absolute Gasteiger partial charge is 0.153 e. The molecule has 2 N–H and O–H groups in total. The van der Waals surface area contributed by atoms with Crippen molar-refractivity contribution in [3.05, 3.63) is 40.7 Å². The second kappa shape index (κ2) is 5.12. The van der Waals surface area contributed by atoms with Gasteiger partial charge in [-0.15, -0.1) is 0 Å². The predicted molar refractivity (Wildman–Crippen MR) is 80.5 cm³/mol. The molecular weight excluding hydrogens is 317 g/mol. The van der Waals surface area contributed by atoms with E-state index in [1.165, 1.54) is 11.8 Å². The number of aryl methyl sites for hydroxylation is 1. The molecule has 0 bridgehead atoms. The van der Waals surface area contributed by atoms with Crippen molar-refractivity contribution in [2.24, 2.45) is 0 Å². The van der Waals surface area contributed by atoms with Gasteiger partial charge in [-0.3, -0.25) is 4.40 Å². The Bertz CT molecular complexity index is 802. The number of nitrogens with two attached hydrogens (primary N) is 1. The summed E-state index contributed by atoms with van der Waals surface area (Å²) >= 11 is 13.5. The normalized spacial score (nSPS) is 11.2. The highest BCUT2D eigenvalue weighted by Crippen LogP contribution is 2.38. The summed E-state index contributed by atoms with van der Waals surface area (Å²) in [4.78, 5) is 14.1. The van der Waals surface area contributed by atoms with Gasteiger partial charge in [-0.1, -0.05) is 35.0 Å². The van der Waals surface area contributed by atoms with E-state index in [-0.39, 0.29) is 5.15 Å². The molecule has 0 aliphatic heterocycles. The monoisotopic (exact) mass is 325 g/mol. The Morgan fingerprint density at radius 1 is 1.25 bits per heavy atom. The summed E-state index contributed by atoms with van der Waals surface area (Å²) in [6.45, 7) is 1.91. The first-order chi connectivity index (χ1) is 9.56. The van der Waals surface area contributed by atoms with Crippen LogP contribution in [0.25, 0.3) is 5.65 Å². The lowest BCUT2D eigenvalue weighted by Gasteiger charge is -2.08. The Morgan fingerprint density at radius 3 is 2.85 bits per heavy atom. The van der Waals surface area contributed by atoms with Crippen molar-refractivity contribution in [2.45, 2.75) is 16.7 Å². The number of rotatable bonds is 2. The molecule has 0 saturated carbocycles. The van der Waals surface area contributed by atoms with Crippen LogP contribution < -0.4 is 5.73 Å². The standard InChI is InChI=1S/C12H9Cl2N5S/c1-6-17-5-8(12-16-2-3-19(6)12)20-7-4-9(15)18-11(14)10(7)13/h2-5H,1H3,(H2,15,18). The highest BCUT2D eigenvalue weighted by molar-refractivity contribution is 7.99. The van der Waals surface area contributed by atoms with Crippen LogP contribution in [0.3, 0.4) is 0 Å². The molecule has 20 heavy (non-hydrogen) atoms. The van der Waals surface area contributed by atoms with Gasteiger partial charge < -0.3 is 5.73 Å². The molecule has 0 aliphatic rings. The van der Waals surface area contributed by atoms with Gasteiger partial charge in [0.2, 0.25) is 0 Å². The minimum absolute atomic E-state index is 0.189. The maximum atomic E-state index is 6.15. The SMILES string of the molecule is Cc1ncc(Sc2cc(N)nc(Cl)c2Cl)c2nccn12. The number of halogens is 2. The van der Waals surface area contributed by atoms with E-state index in [0.29, 0.717) is 10.8 Å². The average molecular weight is 326 g/mol. The van der Waals surface area contributed by atoms with Gasteiger partial charge in [0.1, 0.15) is 11.6 Å². The van der Waals surface area contributed by atoms with Crippen LogP contribution in [0.15, 0.2) is 34.4 Å². The lowest BCUT2D eigenvalue weighted by Crippen LogP contribution is -1.96.